The molecule has 0 radical (unpaired) electrons. The lowest BCUT2D eigenvalue weighted by Crippen LogP contribution is -1.91. The van der Waals surface area contributed by atoms with Gasteiger partial charge in [0.05, 0.1) is 21.7 Å². The predicted molar refractivity (Wildman–Crippen MR) is 95.9 cm³/mol. The molecule has 2 heterocycles. The molecule has 0 atom stereocenters. The molecule has 2 aromatic carbocycles. The number of halogens is 1. The largest absolute Gasteiger partial charge is 0.278 e. The smallest absolute Gasteiger partial charge is 0.270 e. The Kier molecular flexibility index (Phi) is 3.90. The number of aromatic amines is 1. The van der Waals surface area contributed by atoms with Crippen LogP contribution in [0.5, 0.6) is 0 Å². The van der Waals surface area contributed by atoms with Crippen LogP contribution in [0.3, 0.4) is 0 Å². The lowest BCUT2D eigenvalue weighted by Gasteiger charge is -2.02. The van der Waals surface area contributed by atoms with Gasteiger partial charge in [-0.2, -0.15) is 9.47 Å². The number of nitrogens with one attached hydrogen (secondary N) is 1. The normalized spacial score (nSPS) is 11.1. The first-order valence-electron chi connectivity index (χ1n) is 7.29. The summed E-state index contributed by atoms with van der Waals surface area (Å²) in [5.41, 5.74) is 2.44. The van der Waals surface area contributed by atoms with E-state index in [9.17, 15) is 10.1 Å². The standard InChI is InChI=1S/C16H10ClN5O2S/c17-15-9(4-5-13-12(15)8-18-20-13)7-14-19-16(21-25-14)10-2-1-3-11(6-10)22(23)24/h1-6,8H,7H2,(H,18,20). The van der Waals surface area contributed by atoms with E-state index in [2.05, 4.69) is 19.6 Å². The van der Waals surface area contributed by atoms with Crippen LogP contribution in [-0.4, -0.2) is 24.5 Å². The van der Waals surface area contributed by atoms with Crippen molar-refractivity contribution in [2.75, 3.05) is 0 Å². The van der Waals surface area contributed by atoms with Crippen LogP contribution in [0.15, 0.2) is 42.6 Å². The fourth-order valence-corrected chi connectivity index (χ4v) is 3.50. The second-order valence-electron chi connectivity index (χ2n) is 5.37. The number of H-pyrrole nitrogens is 1. The van der Waals surface area contributed by atoms with Crippen molar-refractivity contribution in [2.24, 2.45) is 0 Å². The molecule has 9 heteroatoms. The van der Waals surface area contributed by atoms with Crippen LogP contribution < -0.4 is 0 Å². The van der Waals surface area contributed by atoms with Crippen LogP contribution in [0.25, 0.3) is 22.3 Å². The van der Waals surface area contributed by atoms with Gasteiger partial charge in [-0.3, -0.25) is 15.2 Å². The minimum absolute atomic E-state index is 0.0160. The molecule has 25 heavy (non-hydrogen) atoms. The Morgan fingerprint density at radius 3 is 3.00 bits per heavy atom. The Bertz CT molecular complexity index is 1090. The molecule has 0 bridgehead atoms. The number of hydrogen-bond donors (Lipinski definition) is 1. The SMILES string of the molecule is O=[N+]([O-])c1cccc(-c2nsc(Cc3ccc4[nH]ncc4c3Cl)n2)c1. The van der Waals surface area contributed by atoms with E-state index in [-0.39, 0.29) is 5.69 Å². The molecule has 1 N–H and O–H groups in total. The monoisotopic (exact) mass is 371 g/mol. The fourth-order valence-electron chi connectivity index (χ4n) is 2.53. The highest BCUT2D eigenvalue weighted by Crippen LogP contribution is 2.29. The van der Waals surface area contributed by atoms with Gasteiger partial charge in [-0.25, -0.2) is 4.98 Å². The van der Waals surface area contributed by atoms with E-state index >= 15 is 0 Å². The van der Waals surface area contributed by atoms with Gasteiger partial charge in [0.25, 0.3) is 5.69 Å². The molecule has 4 rings (SSSR count). The molecule has 0 aliphatic carbocycles. The van der Waals surface area contributed by atoms with Gasteiger partial charge in [0, 0.05) is 29.5 Å². The molecule has 0 amide bonds. The maximum atomic E-state index is 10.9. The number of aromatic nitrogens is 4. The van der Waals surface area contributed by atoms with E-state index in [4.69, 9.17) is 11.6 Å². The molecule has 0 spiro atoms. The van der Waals surface area contributed by atoms with Crippen LogP contribution in [0.4, 0.5) is 5.69 Å². The van der Waals surface area contributed by atoms with Crippen molar-refractivity contribution >= 4 is 39.7 Å². The summed E-state index contributed by atoms with van der Waals surface area (Å²) in [6, 6.07) is 10.1. The molecule has 124 valence electrons. The molecular formula is C16H10ClN5O2S. The van der Waals surface area contributed by atoms with Gasteiger partial charge < -0.3 is 0 Å². The predicted octanol–water partition coefficient (Wildman–Crippen LogP) is 4.23. The number of nitro groups is 1. The number of fused-ring (bicyclic) bond motifs is 1. The number of nitro benzene ring substituents is 1. The number of hydrogen-bond acceptors (Lipinski definition) is 6. The van der Waals surface area contributed by atoms with Gasteiger partial charge in [0.2, 0.25) is 0 Å². The maximum Gasteiger partial charge on any atom is 0.270 e. The van der Waals surface area contributed by atoms with Crippen molar-refractivity contribution in [2.45, 2.75) is 6.42 Å². The van der Waals surface area contributed by atoms with Crippen molar-refractivity contribution in [3.63, 3.8) is 0 Å². The lowest BCUT2D eigenvalue weighted by molar-refractivity contribution is -0.384. The van der Waals surface area contributed by atoms with Crippen molar-refractivity contribution in [1.82, 2.24) is 19.6 Å². The van der Waals surface area contributed by atoms with E-state index in [0.29, 0.717) is 22.8 Å². The average Bonchev–Trinajstić information content (AvgIpc) is 3.27. The van der Waals surface area contributed by atoms with Gasteiger partial charge >= 0.3 is 0 Å². The summed E-state index contributed by atoms with van der Waals surface area (Å²) in [6.07, 6.45) is 2.22. The summed E-state index contributed by atoms with van der Waals surface area (Å²) in [5, 5.41) is 20.0. The van der Waals surface area contributed by atoms with Crippen LogP contribution in [0, 0.1) is 10.1 Å². The second kappa shape index (κ2) is 6.23. The van der Waals surface area contributed by atoms with E-state index in [1.165, 1.54) is 23.7 Å². The van der Waals surface area contributed by atoms with Gasteiger partial charge in [-0.1, -0.05) is 29.8 Å². The molecule has 0 unspecified atom stereocenters. The van der Waals surface area contributed by atoms with Gasteiger partial charge in [0.15, 0.2) is 5.82 Å². The molecule has 0 aliphatic heterocycles. The minimum Gasteiger partial charge on any atom is -0.278 e. The third-order valence-electron chi connectivity index (χ3n) is 3.76. The third kappa shape index (κ3) is 2.97. The zero-order valence-corrected chi connectivity index (χ0v) is 14.2. The summed E-state index contributed by atoms with van der Waals surface area (Å²) in [6.45, 7) is 0. The van der Waals surface area contributed by atoms with Crippen LogP contribution in [-0.2, 0) is 6.42 Å². The van der Waals surface area contributed by atoms with E-state index in [1.807, 2.05) is 12.1 Å². The first-order valence-corrected chi connectivity index (χ1v) is 8.45. The molecule has 0 saturated heterocycles. The Morgan fingerprint density at radius 2 is 2.16 bits per heavy atom. The molecule has 2 aromatic heterocycles. The van der Waals surface area contributed by atoms with E-state index in [1.54, 1.807) is 18.3 Å². The summed E-state index contributed by atoms with van der Waals surface area (Å²) in [4.78, 5) is 15.0. The maximum absolute atomic E-state index is 10.9. The quantitative estimate of drug-likeness (QED) is 0.427. The van der Waals surface area contributed by atoms with E-state index < -0.39 is 4.92 Å². The highest BCUT2D eigenvalue weighted by Gasteiger charge is 2.13. The summed E-state index contributed by atoms with van der Waals surface area (Å²) in [5.74, 6) is 0.476. The van der Waals surface area contributed by atoms with Crippen LogP contribution in [0.2, 0.25) is 5.02 Å². The number of non-ortho nitro benzene ring substituents is 1. The number of rotatable bonds is 4. The average molecular weight is 372 g/mol. The van der Waals surface area contributed by atoms with Gasteiger partial charge in [-0.15, -0.1) is 0 Å². The van der Waals surface area contributed by atoms with Crippen molar-refractivity contribution in [3.05, 3.63) is 68.3 Å². The van der Waals surface area contributed by atoms with Crippen molar-refractivity contribution < 1.29 is 4.92 Å². The molecule has 4 aromatic rings. The third-order valence-corrected chi connectivity index (χ3v) is 4.92. The number of nitrogens with zero attached hydrogens (tertiary/aromatic N) is 4. The van der Waals surface area contributed by atoms with Crippen molar-refractivity contribution in [1.29, 1.82) is 0 Å². The summed E-state index contributed by atoms with van der Waals surface area (Å²) in [7, 11) is 0. The van der Waals surface area contributed by atoms with Crippen LogP contribution >= 0.6 is 23.1 Å². The first-order chi connectivity index (χ1) is 12.1. The summed E-state index contributed by atoms with van der Waals surface area (Å²) >= 11 is 7.69. The Morgan fingerprint density at radius 1 is 1.28 bits per heavy atom. The molecular weight excluding hydrogens is 362 g/mol. The fraction of sp³-hybridized carbons (Fsp3) is 0.0625. The molecule has 0 saturated carbocycles. The summed E-state index contributed by atoms with van der Waals surface area (Å²) < 4.78 is 4.31. The zero-order valence-electron chi connectivity index (χ0n) is 12.6. The Labute approximate surface area is 150 Å². The second-order valence-corrected chi connectivity index (χ2v) is 6.58. The van der Waals surface area contributed by atoms with Crippen LogP contribution in [0.1, 0.15) is 10.6 Å². The molecule has 0 aliphatic rings. The highest BCUT2D eigenvalue weighted by atomic mass is 35.5. The topological polar surface area (TPSA) is 97.6 Å². The van der Waals surface area contributed by atoms with E-state index in [0.717, 1.165) is 21.5 Å². The molecule has 7 nitrogen and oxygen atoms in total. The first kappa shape index (κ1) is 15.7. The molecule has 0 fully saturated rings. The Balaban J connectivity index is 1.64. The van der Waals surface area contributed by atoms with Gasteiger partial charge in [0.1, 0.15) is 5.01 Å². The Hall–Kier alpha value is -2.84. The zero-order chi connectivity index (χ0) is 17.4. The van der Waals surface area contributed by atoms with Crippen molar-refractivity contribution in [3.8, 4) is 11.4 Å². The van der Waals surface area contributed by atoms with Gasteiger partial charge in [-0.05, 0) is 23.2 Å². The number of benzene rings is 2. The minimum atomic E-state index is -0.434. The lowest BCUT2D eigenvalue weighted by atomic mass is 10.1. The highest BCUT2D eigenvalue weighted by molar-refractivity contribution is 7.05.